The Morgan fingerprint density at radius 2 is 1.23 bits per heavy atom. The molecule has 1 atom stereocenters. The summed E-state index contributed by atoms with van der Waals surface area (Å²) >= 11 is -2.59. The van der Waals surface area contributed by atoms with Gasteiger partial charge in [0.25, 0.3) is 0 Å². The van der Waals surface area contributed by atoms with Crippen molar-refractivity contribution in [3.05, 3.63) is 132 Å². The average Bonchev–Trinajstić information content (AvgIpc) is 3.29. The molecule has 1 aliphatic rings. The topological polar surface area (TPSA) is 12.0 Å². The smallest absolute Gasteiger partial charge is 1.00 e. The summed E-state index contributed by atoms with van der Waals surface area (Å²) in [6.45, 7) is 4.61. The molecule has 177 valence electrons. The van der Waals surface area contributed by atoms with Crippen LogP contribution in [0, 0.1) is 0 Å². The zero-order valence-corrected chi connectivity index (χ0v) is 26.3. The van der Waals surface area contributed by atoms with Gasteiger partial charge in [0.15, 0.2) is 0 Å². The third kappa shape index (κ3) is 6.09. The number of hydrogen-bond acceptors (Lipinski definition) is 1. The molecular formula is C30H30Cl2HfNSi. The second-order valence-corrected chi connectivity index (χ2v) is 29.0. The minimum atomic E-state index is -2.59. The van der Waals surface area contributed by atoms with Crippen molar-refractivity contribution in [3.8, 4) is 0 Å². The first-order valence-corrected chi connectivity index (χ1v) is 23.6. The van der Waals surface area contributed by atoms with Crippen LogP contribution in [0.15, 0.2) is 115 Å². The van der Waals surface area contributed by atoms with E-state index < -0.39 is 26.9 Å². The Morgan fingerprint density at radius 1 is 0.686 bits per heavy atom. The maximum absolute atomic E-state index is 4.33. The molecule has 0 heterocycles. The molecule has 0 bridgehead atoms. The minimum Gasteiger partial charge on any atom is -1.00 e. The average molecular weight is 682 g/mol. The fourth-order valence-corrected chi connectivity index (χ4v) is 34.5. The van der Waals surface area contributed by atoms with Crippen molar-refractivity contribution in [2.75, 3.05) is 3.30 Å². The van der Waals surface area contributed by atoms with E-state index in [1.807, 2.05) is 0 Å². The van der Waals surface area contributed by atoms with Gasteiger partial charge in [0.2, 0.25) is 0 Å². The summed E-state index contributed by atoms with van der Waals surface area (Å²) in [4.78, 5) is 0. The first kappa shape index (κ1) is 27.7. The fourth-order valence-electron chi connectivity index (χ4n) is 4.96. The van der Waals surface area contributed by atoms with Crippen LogP contribution in [0.1, 0.15) is 40.1 Å². The van der Waals surface area contributed by atoms with Crippen LogP contribution >= 0.6 is 0 Å². The monoisotopic (exact) mass is 682 g/mol. The number of hydrogen-bond donors (Lipinski definition) is 1. The quantitative estimate of drug-likeness (QED) is 0.273. The molecule has 4 aromatic carbocycles. The Balaban J connectivity index is 0.00000171. The molecule has 1 nitrogen and oxygen atoms in total. The van der Waals surface area contributed by atoms with E-state index in [1.165, 1.54) is 22.4 Å². The third-order valence-corrected chi connectivity index (χ3v) is 33.5. The molecule has 1 aliphatic carbocycles. The molecule has 1 N–H and O–H groups in total. The van der Waals surface area contributed by atoms with Crippen molar-refractivity contribution in [1.29, 1.82) is 0 Å². The standard InChI is InChI=1S/C12H11Si.C9H12N.C9H7.2ClH.Hf/c1-3-7-11(8-4-1)13-12-9-5-2-6-10-12;1-7(2)8-5-3-4-6-9(8)10;1-2-5-9-7-3-6-8(9)4-1;;;/h1-10,13H;3-7,10H,1-2H3;1-7H;2*1H;/q;-1;;;;+3/p-2. The van der Waals surface area contributed by atoms with Gasteiger partial charge in [-0.15, -0.1) is 0 Å². The van der Waals surface area contributed by atoms with E-state index in [-0.39, 0.29) is 24.8 Å². The van der Waals surface area contributed by atoms with Crippen molar-refractivity contribution in [2.24, 2.45) is 0 Å². The van der Waals surface area contributed by atoms with Crippen molar-refractivity contribution in [2.45, 2.75) is 23.4 Å². The third-order valence-electron chi connectivity index (χ3n) is 6.57. The second-order valence-electron chi connectivity index (χ2n) is 9.04. The zero-order chi connectivity index (χ0) is 22.6. The van der Waals surface area contributed by atoms with Crippen LogP contribution < -0.4 is 38.5 Å². The van der Waals surface area contributed by atoms with E-state index in [1.54, 1.807) is 10.4 Å². The van der Waals surface area contributed by atoms with Gasteiger partial charge in [0.1, 0.15) is 0 Å². The van der Waals surface area contributed by atoms with Gasteiger partial charge >= 0.3 is 208 Å². The van der Waals surface area contributed by atoms with Gasteiger partial charge in [0, 0.05) is 0 Å². The van der Waals surface area contributed by atoms with E-state index in [9.17, 15) is 0 Å². The zero-order valence-electron chi connectivity index (χ0n) is 20.0. The molecule has 1 unspecified atom stereocenters. The Labute approximate surface area is 231 Å². The van der Waals surface area contributed by atoms with Gasteiger partial charge in [0.05, 0.1) is 0 Å². The molecule has 0 aromatic heterocycles. The molecule has 0 saturated heterocycles. The Hall–Kier alpha value is -1.91. The number of benzene rings is 4. The molecule has 4 aromatic rings. The maximum Gasteiger partial charge on any atom is -1.00 e. The largest absolute Gasteiger partial charge is 1.00 e. The molecule has 5 rings (SSSR count). The number of fused-ring (bicyclic) bond motifs is 1. The summed E-state index contributed by atoms with van der Waals surface area (Å²) in [5.74, 6) is -0.947. The summed E-state index contributed by atoms with van der Waals surface area (Å²) in [5.41, 5.74) is 5.72. The molecule has 35 heavy (non-hydrogen) atoms. The van der Waals surface area contributed by atoms with E-state index in [0.29, 0.717) is 9.59 Å². The normalized spacial score (nSPS) is 13.7. The molecule has 0 fully saturated rings. The Kier molecular flexibility index (Phi) is 10.2. The van der Waals surface area contributed by atoms with Crippen molar-refractivity contribution >= 4 is 28.1 Å². The SMILES string of the molecule is CC(C)c1ccccc1[NH][Hf+2]([CH]1C=Cc2ccccc21)[SiH](c1ccccc1)c1ccccc1.[Cl-].[Cl-]. The van der Waals surface area contributed by atoms with E-state index in [4.69, 9.17) is 0 Å². The van der Waals surface area contributed by atoms with Crippen molar-refractivity contribution in [1.82, 2.24) is 0 Å². The van der Waals surface area contributed by atoms with Gasteiger partial charge in [-0.25, -0.2) is 0 Å². The summed E-state index contributed by atoms with van der Waals surface area (Å²) < 4.78 is 4.88. The van der Waals surface area contributed by atoms with Crippen LogP contribution in [0.3, 0.4) is 0 Å². The molecule has 0 spiro atoms. The van der Waals surface area contributed by atoms with Crippen molar-refractivity contribution in [3.63, 3.8) is 0 Å². The second kappa shape index (κ2) is 12.9. The predicted octanol–water partition coefficient (Wildman–Crippen LogP) is 0.0694. The molecule has 0 amide bonds. The van der Waals surface area contributed by atoms with Crippen LogP contribution in [0.25, 0.3) is 6.08 Å². The summed E-state index contributed by atoms with van der Waals surface area (Å²) in [6.07, 6.45) is 4.88. The Morgan fingerprint density at radius 3 is 1.86 bits per heavy atom. The molecule has 5 heteroatoms. The minimum absolute atomic E-state index is 0. The van der Waals surface area contributed by atoms with Gasteiger partial charge in [-0.3, -0.25) is 0 Å². The van der Waals surface area contributed by atoms with Gasteiger partial charge in [-0.2, -0.15) is 0 Å². The summed E-state index contributed by atoms with van der Waals surface area (Å²) in [7, 11) is 0. The van der Waals surface area contributed by atoms with E-state index in [2.05, 4.69) is 138 Å². The molecule has 0 saturated carbocycles. The van der Waals surface area contributed by atoms with Crippen LogP contribution in [0.2, 0.25) is 0 Å². The Bertz CT molecular complexity index is 1210. The summed E-state index contributed by atoms with van der Waals surface area (Å²) in [5, 5.41) is 3.14. The van der Waals surface area contributed by atoms with Gasteiger partial charge < -0.3 is 24.8 Å². The van der Waals surface area contributed by atoms with Gasteiger partial charge in [-0.1, -0.05) is 0 Å². The first-order chi connectivity index (χ1) is 16.2. The molecular weight excluding hydrogens is 652 g/mol. The van der Waals surface area contributed by atoms with Crippen molar-refractivity contribution < 1.29 is 45.7 Å². The van der Waals surface area contributed by atoms with Gasteiger partial charge in [-0.05, 0) is 0 Å². The number of rotatable bonds is 7. The number of anilines is 1. The number of allylic oxidation sites excluding steroid dienone is 1. The van der Waals surface area contributed by atoms with E-state index in [0.717, 1.165) is 0 Å². The maximum atomic E-state index is 4.33. The van der Waals surface area contributed by atoms with Crippen LogP contribution in [0.4, 0.5) is 5.69 Å². The molecule has 0 radical (unpaired) electrons. The molecule has 0 aliphatic heterocycles. The van der Waals surface area contributed by atoms with E-state index >= 15 is 0 Å². The number of nitrogens with one attached hydrogen (secondary N) is 1. The van der Waals surface area contributed by atoms with Crippen LogP contribution in [-0.4, -0.2) is 5.98 Å². The first-order valence-electron chi connectivity index (χ1n) is 11.8. The summed E-state index contributed by atoms with van der Waals surface area (Å²) in [6, 6.07) is 40.7. The van der Waals surface area contributed by atoms with Crippen LogP contribution in [-0.2, 0) is 20.9 Å². The predicted molar refractivity (Wildman–Crippen MR) is 142 cm³/mol. The van der Waals surface area contributed by atoms with Crippen LogP contribution in [0.5, 0.6) is 0 Å². The number of halogens is 2. The number of para-hydroxylation sites is 1. The fraction of sp³-hybridized carbons (Fsp3) is 0.133.